The first-order valence-electron chi connectivity index (χ1n) is 6.22. The van der Waals surface area contributed by atoms with Crippen LogP contribution < -0.4 is 0 Å². The summed E-state index contributed by atoms with van der Waals surface area (Å²) in [5.41, 5.74) is 3.82. The standard InChI is InChI=1S/C14H20N2/c1-3-4-5-6-8-12-9-7-10-13-14(12)15-11-16(13)2/h7,9-11H,3-6,8H2,1-2H3. The molecule has 1 aromatic heterocycles. The molecular formula is C14H20N2. The summed E-state index contributed by atoms with van der Waals surface area (Å²) in [6.45, 7) is 2.25. The molecule has 0 fully saturated rings. The van der Waals surface area contributed by atoms with Gasteiger partial charge in [-0.25, -0.2) is 4.98 Å². The molecule has 0 unspecified atom stereocenters. The van der Waals surface area contributed by atoms with Gasteiger partial charge in [0.1, 0.15) is 0 Å². The number of fused-ring (bicyclic) bond motifs is 1. The summed E-state index contributed by atoms with van der Waals surface area (Å²) in [4.78, 5) is 4.48. The predicted molar refractivity (Wildman–Crippen MR) is 68.6 cm³/mol. The third kappa shape index (κ3) is 2.26. The summed E-state index contributed by atoms with van der Waals surface area (Å²) in [5.74, 6) is 0. The summed E-state index contributed by atoms with van der Waals surface area (Å²) in [5, 5.41) is 0. The van der Waals surface area contributed by atoms with E-state index in [-0.39, 0.29) is 0 Å². The number of para-hydroxylation sites is 1. The van der Waals surface area contributed by atoms with Gasteiger partial charge in [0, 0.05) is 7.05 Å². The first-order chi connectivity index (χ1) is 7.83. The molecule has 0 atom stereocenters. The Morgan fingerprint density at radius 1 is 1.19 bits per heavy atom. The molecule has 86 valence electrons. The predicted octanol–water partition coefficient (Wildman–Crippen LogP) is 3.70. The van der Waals surface area contributed by atoms with Crippen LogP contribution in [-0.4, -0.2) is 9.55 Å². The second-order valence-corrected chi connectivity index (χ2v) is 4.45. The molecule has 0 N–H and O–H groups in total. The van der Waals surface area contributed by atoms with Crippen LogP contribution >= 0.6 is 0 Å². The number of hydrogen-bond donors (Lipinski definition) is 0. The smallest absolute Gasteiger partial charge is 0.0955 e. The molecule has 1 aromatic carbocycles. The third-order valence-corrected chi connectivity index (χ3v) is 3.14. The normalized spacial score (nSPS) is 11.1. The SMILES string of the molecule is CCCCCCc1cccc2c1ncn2C. The Balaban J connectivity index is 2.11. The van der Waals surface area contributed by atoms with Crippen LogP contribution in [0.2, 0.25) is 0 Å². The molecule has 0 aliphatic carbocycles. The quantitative estimate of drug-likeness (QED) is 0.697. The Morgan fingerprint density at radius 2 is 2.06 bits per heavy atom. The lowest BCUT2D eigenvalue weighted by Gasteiger charge is -2.02. The lowest BCUT2D eigenvalue weighted by molar-refractivity contribution is 0.668. The summed E-state index contributed by atoms with van der Waals surface area (Å²) < 4.78 is 2.09. The van der Waals surface area contributed by atoms with E-state index in [1.54, 1.807) is 0 Å². The van der Waals surface area contributed by atoms with Crippen molar-refractivity contribution in [1.29, 1.82) is 0 Å². The lowest BCUT2D eigenvalue weighted by Crippen LogP contribution is -1.89. The molecule has 0 radical (unpaired) electrons. The van der Waals surface area contributed by atoms with E-state index in [4.69, 9.17) is 0 Å². The number of aromatic nitrogens is 2. The Hall–Kier alpha value is -1.31. The van der Waals surface area contributed by atoms with Crippen molar-refractivity contribution in [2.75, 3.05) is 0 Å². The van der Waals surface area contributed by atoms with Gasteiger partial charge in [-0.05, 0) is 24.5 Å². The van der Waals surface area contributed by atoms with E-state index in [0.29, 0.717) is 0 Å². The molecule has 2 heteroatoms. The molecule has 0 spiro atoms. The van der Waals surface area contributed by atoms with Crippen LogP contribution in [0.15, 0.2) is 24.5 Å². The highest BCUT2D eigenvalue weighted by molar-refractivity contribution is 5.78. The fourth-order valence-corrected chi connectivity index (χ4v) is 2.16. The van der Waals surface area contributed by atoms with E-state index in [1.807, 2.05) is 6.33 Å². The number of nitrogens with zero attached hydrogens (tertiary/aromatic N) is 2. The highest BCUT2D eigenvalue weighted by Crippen LogP contribution is 2.18. The summed E-state index contributed by atoms with van der Waals surface area (Å²) in [6.07, 6.45) is 8.32. The second-order valence-electron chi connectivity index (χ2n) is 4.45. The minimum absolute atomic E-state index is 1.16. The van der Waals surface area contributed by atoms with E-state index in [9.17, 15) is 0 Å². The van der Waals surface area contributed by atoms with Crippen molar-refractivity contribution in [1.82, 2.24) is 9.55 Å². The van der Waals surface area contributed by atoms with Crippen LogP contribution in [0.3, 0.4) is 0 Å². The van der Waals surface area contributed by atoms with Crippen molar-refractivity contribution in [3.63, 3.8) is 0 Å². The van der Waals surface area contributed by atoms with Gasteiger partial charge in [-0.1, -0.05) is 38.3 Å². The first-order valence-corrected chi connectivity index (χ1v) is 6.22. The van der Waals surface area contributed by atoms with Gasteiger partial charge in [-0.3, -0.25) is 0 Å². The molecule has 2 nitrogen and oxygen atoms in total. The highest BCUT2D eigenvalue weighted by Gasteiger charge is 2.04. The maximum atomic E-state index is 4.48. The molecule has 0 aliphatic heterocycles. The van der Waals surface area contributed by atoms with E-state index >= 15 is 0 Å². The van der Waals surface area contributed by atoms with Gasteiger partial charge in [-0.15, -0.1) is 0 Å². The maximum absolute atomic E-state index is 4.48. The number of benzene rings is 1. The number of unbranched alkanes of at least 4 members (excludes halogenated alkanes) is 3. The largest absolute Gasteiger partial charge is 0.334 e. The first kappa shape index (κ1) is 11.2. The average molecular weight is 216 g/mol. The summed E-state index contributed by atoms with van der Waals surface area (Å²) >= 11 is 0. The van der Waals surface area contributed by atoms with E-state index in [1.165, 1.54) is 42.3 Å². The van der Waals surface area contributed by atoms with Gasteiger partial charge in [0.05, 0.1) is 17.4 Å². The fraction of sp³-hybridized carbons (Fsp3) is 0.500. The zero-order valence-corrected chi connectivity index (χ0v) is 10.2. The topological polar surface area (TPSA) is 17.8 Å². The molecule has 1 heterocycles. The van der Waals surface area contributed by atoms with E-state index < -0.39 is 0 Å². The van der Waals surface area contributed by atoms with Crippen molar-refractivity contribution in [2.45, 2.75) is 39.0 Å². The van der Waals surface area contributed by atoms with Crippen LogP contribution in [0, 0.1) is 0 Å². The molecule has 2 rings (SSSR count). The summed E-state index contributed by atoms with van der Waals surface area (Å²) in [6, 6.07) is 6.48. The van der Waals surface area contributed by atoms with Crippen molar-refractivity contribution >= 4 is 11.0 Å². The minimum Gasteiger partial charge on any atom is -0.334 e. The Labute approximate surface area is 97.3 Å². The highest BCUT2D eigenvalue weighted by atomic mass is 15.0. The van der Waals surface area contributed by atoms with Crippen molar-refractivity contribution in [2.24, 2.45) is 7.05 Å². The molecule has 0 aliphatic rings. The van der Waals surface area contributed by atoms with Crippen LogP contribution in [-0.2, 0) is 13.5 Å². The van der Waals surface area contributed by atoms with Gasteiger partial charge >= 0.3 is 0 Å². The molecule has 0 amide bonds. The number of rotatable bonds is 5. The zero-order valence-electron chi connectivity index (χ0n) is 10.2. The van der Waals surface area contributed by atoms with Crippen LogP contribution in [0.25, 0.3) is 11.0 Å². The van der Waals surface area contributed by atoms with Crippen molar-refractivity contribution in [3.8, 4) is 0 Å². The Morgan fingerprint density at radius 3 is 2.88 bits per heavy atom. The molecular weight excluding hydrogens is 196 g/mol. The summed E-state index contributed by atoms with van der Waals surface area (Å²) in [7, 11) is 2.05. The molecule has 0 saturated carbocycles. The van der Waals surface area contributed by atoms with E-state index in [0.717, 1.165) is 6.42 Å². The van der Waals surface area contributed by atoms with Crippen LogP contribution in [0.4, 0.5) is 0 Å². The zero-order chi connectivity index (χ0) is 11.4. The third-order valence-electron chi connectivity index (χ3n) is 3.14. The average Bonchev–Trinajstić information content (AvgIpc) is 2.68. The molecule has 0 saturated heterocycles. The van der Waals surface area contributed by atoms with Gasteiger partial charge in [-0.2, -0.15) is 0 Å². The van der Waals surface area contributed by atoms with Crippen molar-refractivity contribution < 1.29 is 0 Å². The van der Waals surface area contributed by atoms with Gasteiger partial charge in [0.15, 0.2) is 0 Å². The van der Waals surface area contributed by atoms with E-state index in [2.05, 4.69) is 41.7 Å². The number of hydrogen-bond acceptors (Lipinski definition) is 1. The van der Waals surface area contributed by atoms with Gasteiger partial charge < -0.3 is 4.57 Å². The van der Waals surface area contributed by atoms with Gasteiger partial charge in [0.25, 0.3) is 0 Å². The lowest BCUT2D eigenvalue weighted by atomic mass is 10.0. The number of imidazole rings is 1. The van der Waals surface area contributed by atoms with Gasteiger partial charge in [0.2, 0.25) is 0 Å². The molecule has 0 bridgehead atoms. The second kappa shape index (κ2) is 5.15. The number of aryl methyl sites for hydroxylation is 2. The Kier molecular flexibility index (Phi) is 3.60. The van der Waals surface area contributed by atoms with Crippen molar-refractivity contribution in [3.05, 3.63) is 30.1 Å². The van der Waals surface area contributed by atoms with Crippen LogP contribution in [0.5, 0.6) is 0 Å². The minimum atomic E-state index is 1.16. The monoisotopic (exact) mass is 216 g/mol. The van der Waals surface area contributed by atoms with Crippen LogP contribution in [0.1, 0.15) is 38.2 Å². The molecule has 16 heavy (non-hydrogen) atoms. The molecule has 2 aromatic rings. The Bertz CT molecular complexity index is 457. The maximum Gasteiger partial charge on any atom is 0.0955 e. The fourth-order valence-electron chi connectivity index (χ4n) is 2.16.